The Labute approximate surface area is 128 Å². The normalized spacial score (nSPS) is 9.90. The summed E-state index contributed by atoms with van der Waals surface area (Å²) in [7, 11) is 0. The maximum absolute atomic E-state index is 13.6. The summed E-state index contributed by atoms with van der Waals surface area (Å²) >= 11 is 8.97. The highest BCUT2D eigenvalue weighted by Gasteiger charge is 2.12. The highest BCUT2D eigenvalue weighted by atomic mass is 79.9. The minimum absolute atomic E-state index is 0.0753. The molecule has 0 unspecified atom stereocenters. The number of anilines is 1. The van der Waals surface area contributed by atoms with Gasteiger partial charge in [-0.1, -0.05) is 27.5 Å². The van der Waals surface area contributed by atoms with Crippen LogP contribution in [0.5, 0.6) is 0 Å². The van der Waals surface area contributed by atoms with Crippen molar-refractivity contribution in [3.8, 4) is 6.07 Å². The molecule has 2 aromatic carbocycles. The molecule has 0 spiro atoms. The number of benzene rings is 2. The summed E-state index contributed by atoms with van der Waals surface area (Å²) in [6, 6.07) is 10.5. The van der Waals surface area contributed by atoms with E-state index in [9.17, 15) is 9.18 Å². The predicted octanol–water partition coefficient (Wildman–Crippen LogP) is 4.37. The number of rotatable bonds is 2. The van der Waals surface area contributed by atoms with Crippen LogP contribution in [0.3, 0.4) is 0 Å². The van der Waals surface area contributed by atoms with E-state index in [-0.39, 0.29) is 10.6 Å². The van der Waals surface area contributed by atoms with Gasteiger partial charge < -0.3 is 5.32 Å². The van der Waals surface area contributed by atoms with Gasteiger partial charge in [-0.25, -0.2) is 4.39 Å². The molecule has 0 aliphatic carbocycles. The van der Waals surface area contributed by atoms with Crippen molar-refractivity contribution >= 4 is 39.1 Å². The van der Waals surface area contributed by atoms with E-state index >= 15 is 0 Å². The lowest BCUT2D eigenvalue weighted by atomic mass is 10.2. The third-order valence-corrected chi connectivity index (χ3v) is 3.33. The van der Waals surface area contributed by atoms with E-state index in [0.29, 0.717) is 15.7 Å². The Morgan fingerprint density at radius 3 is 2.65 bits per heavy atom. The van der Waals surface area contributed by atoms with Crippen molar-refractivity contribution in [2.75, 3.05) is 5.32 Å². The zero-order chi connectivity index (χ0) is 14.7. The number of hydrogen-bond acceptors (Lipinski definition) is 2. The number of nitrogens with one attached hydrogen (secondary N) is 1. The first-order valence-corrected chi connectivity index (χ1v) is 6.64. The van der Waals surface area contributed by atoms with Gasteiger partial charge in [0.15, 0.2) is 0 Å². The molecule has 0 atom stereocenters. The van der Waals surface area contributed by atoms with Crippen LogP contribution in [0.4, 0.5) is 10.1 Å². The first-order chi connectivity index (χ1) is 9.51. The van der Waals surface area contributed by atoms with Gasteiger partial charge in [0.2, 0.25) is 0 Å². The van der Waals surface area contributed by atoms with E-state index < -0.39 is 11.7 Å². The van der Waals surface area contributed by atoms with Crippen molar-refractivity contribution in [1.82, 2.24) is 0 Å². The molecule has 3 nitrogen and oxygen atoms in total. The van der Waals surface area contributed by atoms with Gasteiger partial charge in [0.25, 0.3) is 5.91 Å². The van der Waals surface area contributed by atoms with Crippen LogP contribution in [0.25, 0.3) is 0 Å². The molecule has 0 radical (unpaired) electrons. The van der Waals surface area contributed by atoms with Gasteiger partial charge in [-0.05, 0) is 36.4 Å². The molecule has 2 rings (SSSR count). The van der Waals surface area contributed by atoms with Crippen LogP contribution in [0.15, 0.2) is 40.9 Å². The Kier molecular flexibility index (Phi) is 4.38. The summed E-state index contributed by atoms with van der Waals surface area (Å²) in [6.07, 6.45) is 0. The number of nitrogens with zero attached hydrogens (tertiary/aromatic N) is 1. The molecule has 0 heterocycles. The van der Waals surface area contributed by atoms with E-state index in [1.54, 1.807) is 6.07 Å². The lowest BCUT2D eigenvalue weighted by Crippen LogP contribution is -2.13. The van der Waals surface area contributed by atoms with Crippen LogP contribution < -0.4 is 5.32 Å². The minimum Gasteiger partial charge on any atom is -0.322 e. The fraction of sp³-hybridized carbons (Fsp3) is 0. The lowest BCUT2D eigenvalue weighted by Gasteiger charge is -2.07. The number of carbonyl (C=O) groups excluding carboxylic acids is 1. The Hall–Kier alpha value is -1.90. The fourth-order valence-corrected chi connectivity index (χ4v) is 2.11. The van der Waals surface area contributed by atoms with Gasteiger partial charge in [-0.2, -0.15) is 5.26 Å². The molecule has 2 aromatic rings. The van der Waals surface area contributed by atoms with Gasteiger partial charge in [-0.3, -0.25) is 4.79 Å². The fourth-order valence-electron chi connectivity index (χ4n) is 1.56. The first kappa shape index (κ1) is 14.5. The largest absolute Gasteiger partial charge is 0.322 e. The molecular formula is C14H7BrClFN2O. The van der Waals surface area contributed by atoms with E-state index in [4.69, 9.17) is 16.9 Å². The molecule has 0 aliphatic rings. The van der Waals surface area contributed by atoms with E-state index in [0.717, 1.165) is 0 Å². The molecule has 0 fully saturated rings. The number of nitriles is 1. The average molecular weight is 354 g/mol. The van der Waals surface area contributed by atoms with Crippen LogP contribution in [0.2, 0.25) is 5.02 Å². The zero-order valence-electron chi connectivity index (χ0n) is 9.95. The number of amides is 1. The molecular weight excluding hydrogens is 347 g/mol. The maximum atomic E-state index is 13.6. The van der Waals surface area contributed by atoms with Crippen molar-refractivity contribution in [2.45, 2.75) is 0 Å². The standard InChI is InChI=1S/C14H7BrClFN2O/c15-9-2-4-11(13(17)5-9)14(20)19-10-3-1-8(7-18)12(16)6-10/h1-6H,(H,19,20). The van der Waals surface area contributed by atoms with E-state index in [1.165, 1.54) is 30.3 Å². The molecule has 100 valence electrons. The molecule has 1 N–H and O–H groups in total. The minimum atomic E-state index is -0.628. The molecule has 20 heavy (non-hydrogen) atoms. The summed E-state index contributed by atoms with van der Waals surface area (Å²) in [5, 5.41) is 11.5. The van der Waals surface area contributed by atoms with Crippen LogP contribution in [-0.4, -0.2) is 5.91 Å². The quantitative estimate of drug-likeness (QED) is 0.872. The summed E-state index contributed by atoms with van der Waals surface area (Å²) < 4.78 is 14.2. The smallest absolute Gasteiger partial charge is 0.258 e. The van der Waals surface area contributed by atoms with Crippen molar-refractivity contribution in [3.63, 3.8) is 0 Å². The molecule has 1 amide bonds. The average Bonchev–Trinajstić information content (AvgIpc) is 2.38. The lowest BCUT2D eigenvalue weighted by molar-refractivity contribution is 0.102. The van der Waals surface area contributed by atoms with Crippen LogP contribution in [0, 0.1) is 17.1 Å². The first-order valence-electron chi connectivity index (χ1n) is 5.47. The molecule has 0 aromatic heterocycles. The zero-order valence-corrected chi connectivity index (χ0v) is 12.3. The van der Waals surface area contributed by atoms with E-state index in [1.807, 2.05) is 6.07 Å². The summed E-state index contributed by atoms with van der Waals surface area (Å²) in [5.41, 5.74) is 0.620. The molecule has 0 saturated heterocycles. The van der Waals surface area contributed by atoms with Crippen LogP contribution >= 0.6 is 27.5 Å². The van der Waals surface area contributed by atoms with Gasteiger partial charge in [-0.15, -0.1) is 0 Å². The van der Waals surface area contributed by atoms with Crippen molar-refractivity contribution < 1.29 is 9.18 Å². The van der Waals surface area contributed by atoms with Gasteiger partial charge in [0.05, 0.1) is 16.1 Å². The Bertz CT molecular complexity index is 728. The molecule has 6 heteroatoms. The van der Waals surface area contributed by atoms with Crippen LogP contribution in [-0.2, 0) is 0 Å². The van der Waals surface area contributed by atoms with Gasteiger partial charge in [0, 0.05) is 10.2 Å². The molecule has 0 saturated carbocycles. The summed E-state index contributed by atoms with van der Waals surface area (Å²) in [4.78, 5) is 11.9. The monoisotopic (exact) mass is 352 g/mol. The predicted molar refractivity (Wildman–Crippen MR) is 78.2 cm³/mol. The number of hydrogen-bond donors (Lipinski definition) is 1. The van der Waals surface area contributed by atoms with Gasteiger partial charge in [0.1, 0.15) is 11.9 Å². The Balaban J connectivity index is 2.24. The number of halogens is 3. The Morgan fingerprint density at radius 2 is 2.05 bits per heavy atom. The van der Waals surface area contributed by atoms with Crippen LogP contribution in [0.1, 0.15) is 15.9 Å². The maximum Gasteiger partial charge on any atom is 0.258 e. The SMILES string of the molecule is N#Cc1ccc(NC(=O)c2ccc(Br)cc2F)cc1Cl. The highest BCUT2D eigenvalue weighted by molar-refractivity contribution is 9.10. The van der Waals surface area contributed by atoms with Crippen molar-refractivity contribution in [1.29, 1.82) is 5.26 Å². The Morgan fingerprint density at radius 1 is 1.30 bits per heavy atom. The summed E-state index contributed by atoms with van der Waals surface area (Å²) in [5.74, 6) is -1.22. The molecule has 0 aliphatic heterocycles. The van der Waals surface area contributed by atoms with Crippen molar-refractivity contribution in [2.24, 2.45) is 0 Å². The summed E-state index contributed by atoms with van der Waals surface area (Å²) in [6.45, 7) is 0. The highest BCUT2D eigenvalue weighted by Crippen LogP contribution is 2.21. The van der Waals surface area contributed by atoms with Gasteiger partial charge >= 0.3 is 0 Å². The third kappa shape index (κ3) is 3.16. The number of carbonyl (C=O) groups is 1. The molecule has 0 bridgehead atoms. The van der Waals surface area contributed by atoms with Crippen molar-refractivity contribution in [3.05, 3.63) is 62.8 Å². The van der Waals surface area contributed by atoms with E-state index in [2.05, 4.69) is 21.2 Å². The third-order valence-electron chi connectivity index (χ3n) is 2.52. The second-order valence-corrected chi connectivity index (χ2v) is 5.21. The second-order valence-electron chi connectivity index (χ2n) is 3.88. The second kappa shape index (κ2) is 6.04. The topological polar surface area (TPSA) is 52.9 Å².